The van der Waals surface area contributed by atoms with Gasteiger partial charge in [-0.3, -0.25) is 9.59 Å². The van der Waals surface area contributed by atoms with Gasteiger partial charge < -0.3 is 20.3 Å². The van der Waals surface area contributed by atoms with E-state index in [4.69, 9.17) is 4.74 Å². The maximum Gasteiger partial charge on any atom is 0.305 e. The van der Waals surface area contributed by atoms with Crippen molar-refractivity contribution in [1.82, 2.24) is 5.32 Å². The summed E-state index contributed by atoms with van der Waals surface area (Å²) in [6.45, 7) is 4.85. The molecule has 3 N–H and O–H groups in total. The number of hydrogen-bond acceptors (Lipinski definition) is 5. The van der Waals surface area contributed by atoms with Gasteiger partial charge in [0.2, 0.25) is 5.91 Å². The molecular formula is C56H105NO5. The van der Waals surface area contributed by atoms with E-state index in [1.54, 1.807) is 6.08 Å². The number of hydrogen-bond donors (Lipinski definition) is 3. The van der Waals surface area contributed by atoms with Crippen LogP contribution in [-0.2, 0) is 14.3 Å². The Balaban J connectivity index is 3.52. The van der Waals surface area contributed by atoms with Crippen LogP contribution in [0.2, 0.25) is 0 Å². The second-order valence-electron chi connectivity index (χ2n) is 18.6. The Bertz CT molecular complexity index is 1010. The molecule has 0 aromatic heterocycles. The summed E-state index contributed by atoms with van der Waals surface area (Å²) in [4.78, 5) is 24.5. The molecule has 0 radical (unpaired) electrons. The van der Waals surface area contributed by atoms with Crippen LogP contribution in [-0.4, -0.2) is 47.4 Å². The number of ether oxygens (including phenoxy) is 1. The third-order valence-electron chi connectivity index (χ3n) is 12.4. The predicted molar refractivity (Wildman–Crippen MR) is 269 cm³/mol. The van der Waals surface area contributed by atoms with E-state index < -0.39 is 12.1 Å². The van der Waals surface area contributed by atoms with Gasteiger partial charge in [0.15, 0.2) is 0 Å². The van der Waals surface area contributed by atoms with Gasteiger partial charge in [-0.2, -0.15) is 0 Å². The van der Waals surface area contributed by atoms with Gasteiger partial charge in [-0.1, -0.05) is 243 Å². The number of allylic oxidation sites excluding steroid dienone is 5. The normalized spacial score (nSPS) is 12.9. The van der Waals surface area contributed by atoms with E-state index in [0.29, 0.717) is 19.4 Å². The highest BCUT2D eigenvalue weighted by Gasteiger charge is 2.18. The van der Waals surface area contributed by atoms with E-state index in [1.807, 2.05) is 6.08 Å². The topological polar surface area (TPSA) is 95.9 Å². The zero-order valence-corrected chi connectivity index (χ0v) is 41.4. The molecule has 0 saturated heterocycles. The van der Waals surface area contributed by atoms with Gasteiger partial charge in [-0.15, -0.1) is 0 Å². The molecule has 0 spiro atoms. The molecule has 2 atom stereocenters. The number of aliphatic hydroxyl groups excluding tert-OH is 2. The van der Waals surface area contributed by atoms with Gasteiger partial charge in [0.1, 0.15) is 0 Å². The Morgan fingerprint density at radius 3 is 1.19 bits per heavy atom. The maximum absolute atomic E-state index is 12.4. The number of unbranched alkanes of at least 4 members (excludes halogenated alkanes) is 36. The summed E-state index contributed by atoms with van der Waals surface area (Å²) < 4.78 is 5.45. The van der Waals surface area contributed by atoms with Crippen LogP contribution in [0.15, 0.2) is 36.5 Å². The maximum atomic E-state index is 12.4. The van der Waals surface area contributed by atoms with E-state index in [9.17, 15) is 19.8 Å². The Morgan fingerprint density at radius 2 is 0.790 bits per heavy atom. The molecule has 0 aliphatic rings. The highest BCUT2D eigenvalue weighted by molar-refractivity contribution is 5.76. The fourth-order valence-electron chi connectivity index (χ4n) is 8.21. The average molecular weight is 872 g/mol. The fraction of sp³-hybridized carbons (Fsp3) is 0.857. The molecule has 0 saturated carbocycles. The van der Waals surface area contributed by atoms with Crippen LogP contribution in [0.1, 0.15) is 284 Å². The molecular weight excluding hydrogens is 767 g/mol. The molecule has 0 heterocycles. The van der Waals surface area contributed by atoms with Gasteiger partial charge in [-0.05, 0) is 64.2 Å². The van der Waals surface area contributed by atoms with Crippen molar-refractivity contribution in [3.8, 4) is 0 Å². The Morgan fingerprint density at radius 1 is 0.452 bits per heavy atom. The lowest BCUT2D eigenvalue weighted by atomic mass is 10.0. The zero-order valence-electron chi connectivity index (χ0n) is 41.4. The van der Waals surface area contributed by atoms with Crippen LogP contribution >= 0.6 is 0 Å². The summed E-state index contributed by atoms with van der Waals surface area (Å²) in [5.74, 6) is -0.110. The van der Waals surface area contributed by atoms with Crippen LogP contribution in [0.4, 0.5) is 0 Å². The molecule has 6 heteroatoms. The van der Waals surface area contributed by atoms with Gasteiger partial charge in [0.25, 0.3) is 0 Å². The molecule has 1 amide bonds. The van der Waals surface area contributed by atoms with Crippen LogP contribution in [0, 0.1) is 0 Å². The molecule has 0 aromatic rings. The third-order valence-corrected chi connectivity index (χ3v) is 12.4. The van der Waals surface area contributed by atoms with Crippen molar-refractivity contribution < 1.29 is 24.5 Å². The first-order chi connectivity index (χ1) is 30.5. The van der Waals surface area contributed by atoms with Crippen LogP contribution < -0.4 is 5.32 Å². The lowest BCUT2D eigenvalue weighted by Crippen LogP contribution is -2.45. The van der Waals surface area contributed by atoms with Crippen molar-refractivity contribution in [2.75, 3.05) is 13.2 Å². The van der Waals surface area contributed by atoms with E-state index in [1.165, 1.54) is 180 Å². The van der Waals surface area contributed by atoms with Crippen LogP contribution in [0.5, 0.6) is 0 Å². The molecule has 6 nitrogen and oxygen atoms in total. The lowest BCUT2D eigenvalue weighted by molar-refractivity contribution is -0.143. The monoisotopic (exact) mass is 872 g/mol. The molecule has 0 aliphatic heterocycles. The van der Waals surface area contributed by atoms with Crippen molar-refractivity contribution in [3.05, 3.63) is 36.5 Å². The SMILES string of the molecule is CCCCCCCCCCCCC/C=C/C(O)C(CO)NC(=O)CCCCCCCC/C=C\C=C/CCCCCOC(=O)CCCCCCCCCCCCCCCCCCC. The quantitative estimate of drug-likeness (QED) is 0.0245. The van der Waals surface area contributed by atoms with Crippen molar-refractivity contribution in [2.45, 2.75) is 296 Å². The van der Waals surface area contributed by atoms with E-state index in [2.05, 4.69) is 43.5 Å². The first-order valence-electron chi connectivity index (χ1n) is 27.3. The molecule has 0 bridgehead atoms. The summed E-state index contributed by atoms with van der Waals surface area (Å²) >= 11 is 0. The van der Waals surface area contributed by atoms with Gasteiger partial charge in [0, 0.05) is 12.8 Å². The number of amides is 1. The standard InChI is InChI=1S/C56H105NO5/c1-3-5-7-9-11-13-15-17-18-19-22-26-30-34-38-42-46-50-56(61)62-51-47-43-39-35-31-27-23-20-21-25-29-33-37-41-45-49-55(60)57-53(52-58)54(59)48-44-40-36-32-28-24-16-14-12-10-8-6-4-2/h20,23,27,31,44,48,53-54,58-59H,3-19,21-22,24-26,28-30,32-43,45-47,49-52H2,1-2H3,(H,57,60)/b23-20-,31-27-,48-44+. The largest absolute Gasteiger partial charge is 0.466 e. The zero-order chi connectivity index (χ0) is 45.1. The summed E-state index contributed by atoms with van der Waals surface area (Å²) in [5.41, 5.74) is 0. The minimum Gasteiger partial charge on any atom is -0.466 e. The number of carbonyl (C=O) groups is 2. The van der Waals surface area contributed by atoms with E-state index in [0.717, 1.165) is 77.0 Å². The van der Waals surface area contributed by atoms with Crippen LogP contribution in [0.25, 0.3) is 0 Å². The number of carbonyl (C=O) groups excluding carboxylic acids is 2. The van der Waals surface area contributed by atoms with Gasteiger partial charge in [0.05, 0.1) is 25.4 Å². The van der Waals surface area contributed by atoms with Crippen molar-refractivity contribution in [1.29, 1.82) is 0 Å². The number of rotatable bonds is 50. The number of nitrogens with one attached hydrogen (secondary N) is 1. The molecule has 0 fully saturated rings. The Kier molecular flexibility index (Phi) is 50.1. The molecule has 0 aliphatic carbocycles. The van der Waals surface area contributed by atoms with Crippen LogP contribution in [0.3, 0.4) is 0 Å². The third kappa shape index (κ3) is 47.6. The minimum absolute atomic E-state index is 0.0194. The smallest absolute Gasteiger partial charge is 0.305 e. The van der Waals surface area contributed by atoms with Crippen molar-refractivity contribution >= 4 is 11.9 Å². The molecule has 364 valence electrons. The number of esters is 1. The predicted octanol–water partition coefficient (Wildman–Crippen LogP) is 16.5. The summed E-state index contributed by atoms with van der Waals surface area (Å²) in [6.07, 6.45) is 63.0. The highest BCUT2D eigenvalue weighted by atomic mass is 16.5. The number of aliphatic hydroxyl groups is 2. The summed E-state index contributed by atoms with van der Waals surface area (Å²) in [7, 11) is 0. The molecule has 62 heavy (non-hydrogen) atoms. The van der Waals surface area contributed by atoms with Gasteiger partial charge >= 0.3 is 5.97 Å². The lowest BCUT2D eigenvalue weighted by Gasteiger charge is -2.20. The Labute approximate surface area is 385 Å². The molecule has 2 unspecified atom stereocenters. The van der Waals surface area contributed by atoms with Crippen molar-refractivity contribution in [3.63, 3.8) is 0 Å². The summed E-state index contributed by atoms with van der Waals surface area (Å²) in [6, 6.07) is -0.643. The molecule has 0 rings (SSSR count). The van der Waals surface area contributed by atoms with Crippen molar-refractivity contribution in [2.24, 2.45) is 0 Å². The fourth-order valence-corrected chi connectivity index (χ4v) is 8.21. The minimum atomic E-state index is -0.858. The van der Waals surface area contributed by atoms with E-state index >= 15 is 0 Å². The average Bonchev–Trinajstić information content (AvgIpc) is 3.27. The second-order valence-corrected chi connectivity index (χ2v) is 18.6. The van der Waals surface area contributed by atoms with E-state index in [-0.39, 0.29) is 18.5 Å². The van der Waals surface area contributed by atoms with Gasteiger partial charge in [-0.25, -0.2) is 0 Å². The first kappa shape index (κ1) is 60.1. The Hall–Kier alpha value is -1.92. The first-order valence-corrected chi connectivity index (χ1v) is 27.3. The molecule has 0 aromatic carbocycles. The second kappa shape index (κ2) is 51.7. The summed E-state index contributed by atoms with van der Waals surface area (Å²) in [5, 5.41) is 23.0. The highest BCUT2D eigenvalue weighted by Crippen LogP contribution is 2.16.